The predicted molar refractivity (Wildman–Crippen MR) is 367 cm³/mol. The summed E-state index contributed by atoms with van der Waals surface area (Å²) in [7, 11) is -20.8. The van der Waals surface area contributed by atoms with Gasteiger partial charge in [0, 0.05) is 77.1 Å². The quantitative estimate of drug-likeness (QED) is 0.00514. The van der Waals surface area contributed by atoms with Crippen LogP contribution in [0.1, 0.15) is 74.2 Å². The number of rotatable bonds is 38. The first-order valence-corrected chi connectivity index (χ1v) is 40.6. The molecular weight excluding hydrogens is 1520 g/mol. The van der Waals surface area contributed by atoms with Gasteiger partial charge in [-0.25, -0.2) is 32.9 Å². The number of hydrogen-bond donors (Lipinski definition) is 11. The van der Waals surface area contributed by atoms with Crippen LogP contribution in [0.15, 0.2) is 81.4 Å². The first-order chi connectivity index (χ1) is 47.5. The minimum Gasteiger partial charge on any atom is -0.478 e. The number of carboxylic acid groups (broad SMARTS) is 1. The average molecular weight is 1600 g/mol. The number of H-pyrrole nitrogens is 1. The van der Waals surface area contributed by atoms with Crippen LogP contribution in [0.25, 0.3) is 39.1 Å². The first-order valence-electron chi connectivity index (χ1n) is 29.3. The van der Waals surface area contributed by atoms with E-state index < -0.39 is 109 Å². The lowest BCUT2D eigenvalue weighted by Crippen LogP contribution is -2.44. The van der Waals surface area contributed by atoms with E-state index in [1.165, 1.54) is 10.8 Å². The smallest absolute Gasteiger partial charge is 0.478 e. The number of phosphoric ester groups is 1. The Balaban J connectivity index is 0.00000256. The first kappa shape index (κ1) is 86.8. The highest BCUT2D eigenvalue weighted by Crippen LogP contribution is 2.66. The Morgan fingerprint density at radius 3 is 2.16 bits per heavy atom. The molecule has 0 bridgehead atoms. The van der Waals surface area contributed by atoms with Crippen molar-refractivity contribution in [2.45, 2.75) is 69.6 Å². The third-order valence-corrected chi connectivity index (χ3v) is 21.8. The summed E-state index contributed by atoms with van der Waals surface area (Å²) in [6.45, 7) is 11.4. The minimum atomic E-state index is -5.81. The normalized spacial score (nSPS) is 15.7. The summed E-state index contributed by atoms with van der Waals surface area (Å²) < 4.78 is 144. The van der Waals surface area contributed by atoms with Gasteiger partial charge in [0.15, 0.2) is 5.36 Å². The summed E-state index contributed by atoms with van der Waals surface area (Å²) in [5.74, 6) is 5.49. The number of carbonyl (C=O) groups excluding carboxylic acids is 2. The van der Waals surface area contributed by atoms with Gasteiger partial charge in [0.2, 0.25) is 0 Å². The third kappa shape index (κ3) is 33.2. The van der Waals surface area contributed by atoms with Gasteiger partial charge in [-0.15, -0.1) is 25.3 Å². The summed E-state index contributed by atoms with van der Waals surface area (Å²) >= 11 is 5.31. The number of nitrogens with one attached hydrogen (secondary N) is 4. The molecule has 3 heterocycles. The summed E-state index contributed by atoms with van der Waals surface area (Å²) in [5, 5.41) is 25.8. The number of unbranched alkanes of at least 4 members (excludes halogenated alkanes) is 1. The van der Waals surface area contributed by atoms with Gasteiger partial charge in [0.1, 0.15) is 35.2 Å². The molecule has 3 aromatic rings. The van der Waals surface area contributed by atoms with Gasteiger partial charge in [0.05, 0.1) is 76.5 Å². The van der Waals surface area contributed by atoms with E-state index in [0.29, 0.717) is 120 Å². The van der Waals surface area contributed by atoms with Crippen LogP contribution < -0.4 is 43.7 Å². The van der Waals surface area contributed by atoms with Crippen molar-refractivity contribution in [1.29, 1.82) is 0 Å². The maximum atomic E-state index is 12.9. The molecule has 6 atom stereocenters. The van der Waals surface area contributed by atoms with Gasteiger partial charge in [-0.2, -0.15) is 8.62 Å². The van der Waals surface area contributed by atoms with E-state index in [2.05, 4.69) is 48.0 Å². The number of anilines is 1. The monoisotopic (exact) mass is 1600 g/mol. The van der Waals surface area contributed by atoms with Crippen molar-refractivity contribution in [3.05, 3.63) is 110 Å². The molecule has 46 heteroatoms. The summed E-state index contributed by atoms with van der Waals surface area (Å²) in [6.07, 6.45) is -2.14. The Kier molecular flexibility index (Phi) is 36.9. The number of carbonyl (C=O) groups is 3. The molecule has 101 heavy (non-hydrogen) atoms. The van der Waals surface area contributed by atoms with Crippen molar-refractivity contribution in [3.63, 3.8) is 0 Å². The Hall–Kier alpha value is -6.56. The van der Waals surface area contributed by atoms with E-state index in [1.54, 1.807) is 65.4 Å². The number of carboxylic acids is 1. The number of aromatic amines is 1. The van der Waals surface area contributed by atoms with Crippen LogP contribution in [0.2, 0.25) is 0 Å². The maximum absolute atomic E-state index is 12.9. The second kappa shape index (κ2) is 42.9. The lowest BCUT2D eigenvalue weighted by molar-refractivity contribution is -0.172. The van der Waals surface area contributed by atoms with Gasteiger partial charge in [0.25, 0.3) is 5.56 Å². The number of benzene rings is 3. The number of alkyl carbamates (subject to hydrolysis) is 2. The molecule has 0 saturated carbocycles. The number of nitrogens with zero attached hydrogens (tertiary/aromatic N) is 1. The van der Waals surface area contributed by atoms with E-state index >= 15 is 0 Å². The van der Waals surface area contributed by atoms with Gasteiger partial charge < -0.3 is 83.9 Å². The highest BCUT2D eigenvalue weighted by molar-refractivity contribution is 8.77. The van der Waals surface area contributed by atoms with Crippen molar-refractivity contribution in [2.24, 2.45) is 0 Å². The van der Waals surface area contributed by atoms with Crippen LogP contribution in [0.3, 0.4) is 0 Å². The molecule has 3 unspecified atom stereocenters. The van der Waals surface area contributed by atoms with E-state index in [-0.39, 0.29) is 61.1 Å². The Morgan fingerprint density at radius 1 is 0.842 bits per heavy atom. The molecule has 37 nitrogen and oxygen atoms in total. The van der Waals surface area contributed by atoms with E-state index in [1.807, 2.05) is 20.8 Å². The van der Waals surface area contributed by atoms with Crippen molar-refractivity contribution >= 4 is 127 Å². The summed E-state index contributed by atoms with van der Waals surface area (Å²) in [4.78, 5) is 102. The number of ether oxygens (including phenoxy) is 7. The lowest BCUT2D eigenvalue weighted by Gasteiger charge is -2.22. The molecule has 6 rings (SSSR count). The highest BCUT2D eigenvalue weighted by atomic mass is 33.1. The van der Waals surface area contributed by atoms with Gasteiger partial charge >= 0.3 is 68.5 Å². The van der Waals surface area contributed by atoms with Gasteiger partial charge in [-0.1, -0.05) is 62.5 Å². The van der Waals surface area contributed by atoms with Gasteiger partial charge in [-0.3, -0.25) is 24.3 Å². The van der Waals surface area contributed by atoms with Gasteiger partial charge in [-0.05, 0) is 91.5 Å². The minimum absolute atomic E-state index is 0.0233. The molecule has 1 aromatic heterocycles. The number of nitrogens with two attached hydrogens (primary N) is 2. The number of phosphoric acid groups is 3. The highest BCUT2D eigenvalue weighted by Gasteiger charge is 2.44. The van der Waals surface area contributed by atoms with E-state index in [0.717, 1.165) is 10.8 Å². The largest absolute Gasteiger partial charge is 0.490 e. The fraction of sp³-hybridized carbons (Fsp3) is 0.455. The third-order valence-electron chi connectivity index (χ3n) is 12.9. The molecule has 1 fully saturated rings. The fourth-order valence-corrected chi connectivity index (χ4v) is 14.5. The zero-order valence-electron chi connectivity index (χ0n) is 53.8. The predicted octanol–water partition coefficient (Wildman–Crippen LogP) is 2.46. The molecule has 13 N–H and O–H groups in total. The molecule has 558 valence electrons. The van der Waals surface area contributed by atoms with Crippen LogP contribution in [-0.2, 0) is 102 Å². The number of aromatic nitrogens is 2. The molecule has 2 aromatic carbocycles. The number of hydrogen-bond acceptors (Lipinski definition) is 30. The molecule has 2 aliphatic heterocycles. The van der Waals surface area contributed by atoms with Crippen LogP contribution in [0, 0.1) is 11.8 Å². The Labute approximate surface area is 593 Å². The Bertz CT molecular complexity index is 4280. The number of fused-ring (bicyclic) bond motifs is 2. The standard InChI is InChI=1S/C55H72N7O24P3S4.2O3S/c1-5-93(90)34-81-46-30-48(84-47(46)32-82-88(72,73)86-89(74,75)85-87(69,70)71)62-31-37(50(63)61-52(62)66)9-8-17-59-53(67)79-21-7-6-20-78-33-91-92-55(3,4)16-22-80-54(68)60-19-24-77-26-25-76-23-18-58-35(2)36-10-13-40(51(64)65)43(27-36)49-41-14-11-38(56)28-44(41)83-45-29-39(57)12-15-42(45)49;2*1-4(2)3/h10-15,27-29,31,46-48,56,58H,2,5-7,16-26,30,32-34,57H2,1,3-4H3,(H,59,67)(H,60,68)(H,64,65)(H,72,73)(H,74,75)(H,61,63,66)(H2,69,70,71);;/p+1/t46-,47-,48-,93?;;/m1../s1. The van der Waals surface area contributed by atoms with Crippen LogP contribution in [0.5, 0.6) is 0 Å². The van der Waals surface area contributed by atoms with Crippen molar-refractivity contribution in [3.8, 4) is 34.3 Å². The zero-order chi connectivity index (χ0) is 75.1. The summed E-state index contributed by atoms with van der Waals surface area (Å²) in [5.41, 5.74) is 8.15. The van der Waals surface area contributed by atoms with Crippen molar-refractivity contribution < 1.29 is 134 Å². The number of amides is 2. The van der Waals surface area contributed by atoms with E-state index in [9.17, 15) is 52.6 Å². The van der Waals surface area contributed by atoms with Crippen molar-refractivity contribution in [1.82, 2.24) is 25.5 Å². The zero-order valence-corrected chi connectivity index (χ0v) is 61.4. The second-order valence-corrected chi connectivity index (χ2v) is 32.2. The van der Waals surface area contributed by atoms with Crippen LogP contribution in [-0.4, -0.2) is 185 Å². The van der Waals surface area contributed by atoms with E-state index in [4.69, 9.17) is 99.5 Å². The molecular formula is C55H73N7O30P3S6+. The number of nitrogen functional groups attached to an aromatic ring is 1. The molecule has 2 amide bonds. The topological polar surface area (TPSA) is 554 Å². The fourth-order valence-electron chi connectivity index (χ4n) is 8.50. The van der Waals surface area contributed by atoms with Crippen LogP contribution >= 0.6 is 45.1 Å². The average Bonchev–Trinajstić information content (AvgIpc) is 1.26. The summed E-state index contributed by atoms with van der Waals surface area (Å²) in [6, 6.07) is 15.4. The molecule has 0 radical (unpaired) electrons. The van der Waals surface area contributed by atoms with Crippen LogP contribution in [0.4, 0.5) is 15.3 Å². The molecule has 1 saturated heterocycles. The molecule has 0 spiro atoms. The lowest BCUT2D eigenvalue weighted by atomic mass is 9.89. The molecule has 3 aliphatic rings. The number of aromatic carboxylic acids is 1. The Morgan fingerprint density at radius 2 is 1.50 bits per heavy atom. The second-order valence-electron chi connectivity index (χ2n) is 20.9. The molecule has 1 aliphatic carbocycles. The SMILES string of the molecule is C=C(NCCOCCOCCNC(=O)OCCC(C)(C)SSCOCCCCOC(=O)NCC#Cc1cn([C@H]2C[C@@H](OCS(=S)CC)[C@@H](COP(=O)(O)OP(=O)(O)OP(=O)(O)O)O2)c(=O)[nH]c1=O)c1ccc(C(=O)O)c(-c2c3ccc(=[NH2+])cc-3oc3cc(N)ccc23)c1.O=S(=O)=O.O=S(=O)=O. The van der Waals surface area contributed by atoms with Crippen molar-refractivity contribution in [2.75, 3.05) is 95.9 Å². The maximum Gasteiger partial charge on any atom is 0.490 e.